The first kappa shape index (κ1) is 19.5. The molecule has 0 saturated carbocycles. The molecule has 2 aromatic rings. The van der Waals surface area contributed by atoms with E-state index in [2.05, 4.69) is 0 Å². The number of nitrogens with zero attached hydrogens (tertiary/aromatic N) is 1. The zero-order valence-corrected chi connectivity index (χ0v) is 16.0. The van der Waals surface area contributed by atoms with Crippen molar-refractivity contribution in [3.05, 3.63) is 65.7 Å². The highest BCUT2D eigenvalue weighted by atomic mass is 16.6. The Kier molecular flexibility index (Phi) is 6.32. The number of hydrogen-bond acceptors (Lipinski definition) is 5. The normalized spacial score (nSPS) is 13.8. The standard InChI is InChI=1S/C22H23NO5/c1-16(22(25)23(2)15-18-6-4-3-5-7-18)28-21(24)11-9-17-8-10-19-20(14-17)27-13-12-26-19/h3-11,14,16H,12-13,15H2,1-2H3/b11-9+/t16-/m0/s1. The van der Waals surface area contributed by atoms with E-state index in [-0.39, 0.29) is 5.91 Å². The SMILES string of the molecule is C[C@H](OC(=O)/C=C/c1ccc2c(c1)OCCO2)C(=O)N(C)Cc1ccccc1. The maximum absolute atomic E-state index is 12.4. The van der Waals surface area contributed by atoms with Gasteiger partial charge in [0.05, 0.1) is 0 Å². The summed E-state index contributed by atoms with van der Waals surface area (Å²) in [6.45, 7) is 3.05. The first-order chi connectivity index (χ1) is 13.5. The highest BCUT2D eigenvalue weighted by Gasteiger charge is 2.20. The summed E-state index contributed by atoms with van der Waals surface area (Å²) in [7, 11) is 1.69. The molecule has 1 amide bonds. The summed E-state index contributed by atoms with van der Waals surface area (Å²) in [6.07, 6.45) is 2.05. The molecule has 2 aromatic carbocycles. The van der Waals surface area contributed by atoms with Crippen LogP contribution >= 0.6 is 0 Å². The minimum atomic E-state index is -0.869. The number of fused-ring (bicyclic) bond motifs is 1. The van der Waals surface area contributed by atoms with Crippen LogP contribution in [0.4, 0.5) is 0 Å². The average molecular weight is 381 g/mol. The molecular formula is C22H23NO5. The summed E-state index contributed by atoms with van der Waals surface area (Å²) in [6, 6.07) is 15.0. The van der Waals surface area contributed by atoms with Gasteiger partial charge in [0.25, 0.3) is 5.91 Å². The lowest BCUT2D eigenvalue weighted by Crippen LogP contribution is -2.36. The fourth-order valence-electron chi connectivity index (χ4n) is 2.84. The van der Waals surface area contributed by atoms with Crippen molar-refractivity contribution in [1.82, 2.24) is 4.90 Å². The molecule has 6 nitrogen and oxygen atoms in total. The first-order valence-corrected chi connectivity index (χ1v) is 9.10. The van der Waals surface area contributed by atoms with Crippen LogP contribution in [0.25, 0.3) is 6.08 Å². The van der Waals surface area contributed by atoms with Gasteiger partial charge < -0.3 is 19.1 Å². The number of likely N-dealkylation sites (N-methyl/N-ethyl adjacent to an activating group) is 1. The van der Waals surface area contributed by atoms with Crippen LogP contribution in [0.5, 0.6) is 11.5 Å². The number of benzene rings is 2. The smallest absolute Gasteiger partial charge is 0.331 e. The van der Waals surface area contributed by atoms with Crippen molar-refractivity contribution in [1.29, 1.82) is 0 Å². The Morgan fingerprint density at radius 2 is 1.82 bits per heavy atom. The van der Waals surface area contributed by atoms with Crippen molar-refractivity contribution in [3.63, 3.8) is 0 Å². The fraction of sp³-hybridized carbons (Fsp3) is 0.273. The Balaban J connectivity index is 1.53. The Bertz CT molecular complexity index is 862. The van der Waals surface area contributed by atoms with Crippen LogP contribution < -0.4 is 9.47 Å². The molecule has 0 saturated heterocycles. The maximum Gasteiger partial charge on any atom is 0.331 e. The lowest BCUT2D eigenvalue weighted by atomic mass is 10.2. The molecule has 6 heteroatoms. The third-order valence-corrected chi connectivity index (χ3v) is 4.26. The molecule has 0 bridgehead atoms. The Morgan fingerprint density at radius 3 is 2.57 bits per heavy atom. The quantitative estimate of drug-likeness (QED) is 0.568. The summed E-state index contributed by atoms with van der Waals surface area (Å²) in [4.78, 5) is 26.0. The van der Waals surface area contributed by atoms with Gasteiger partial charge in [-0.2, -0.15) is 0 Å². The van der Waals surface area contributed by atoms with Crippen molar-refractivity contribution < 1.29 is 23.8 Å². The number of hydrogen-bond donors (Lipinski definition) is 0. The van der Waals surface area contributed by atoms with Crippen LogP contribution in [0.3, 0.4) is 0 Å². The lowest BCUT2D eigenvalue weighted by molar-refractivity contribution is -0.154. The van der Waals surface area contributed by atoms with Crippen molar-refractivity contribution in [2.24, 2.45) is 0 Å². The average Bonchev–Trinajstić information content (AvgIpc) is 2.72. The van der Waals surface area contributed by atoms with Crippen LogP contribution in [-0.4, -0.2) is 43.1 Å². The van der Waals surface area contributed by atoms with E-state index in [0.717, 1.165) is 11.1 Å². The summed E-state index contributed by atoms with van der Waals surface area (Å²) >= 11 is 0. The third-order valence-electron chi connectivity index (χ3n) is 4.26. The van der Waals surface area contributed by atoms with E-state index in [9.17, 15) is 9.59 Å². The number of ether oxygens (including phenoxy) is 3. The van der Waals surface area contributed by atoms with E-state index in [1.807, 2.05) is 36.4 Å². The van der Waals surface area contributed by atoms with Crippen LogP contribution in [0, 0.1) is 0 Å². The fourth-order valence-corrected chi connectivity index (χ4v) is 2.84. The Hall–Kier alpha value is -3.28. The van der Waals surface area contributed by atoms with E-state index in [1.165, 1.54) is 11.0 Å². The third kappa shape index (κ3) is 5.13. The Labute approximate surface area is 164 Å². The predicted octanol–water partition coefficient (Wildman–Crippen LogP) is 3.06. The second-order valence-electron chi connectivity index (χ2n) is 6.50. The molecule has 3 rings (SSSR count). The molecule has 28 heavy (non-hydrogen) atoms. The van der Waals surface area contributed by atoms with Crippen LogP contribution in [0.2, 0.25) is 0 Å². The van der Waals surface area contributed by atoms with E-state index >= 15 is 0 Å². The minimum absolute atomic E-state index is 0.259. The highest BCUT2D eigenvalue weighted by Crippen LogP contribution is 2.31. The molecule has 0 radical (unpaired) electrons. The predicted molar refractivity (Wildman–Crippen MR) is 105 cm³/mol. The van der Waals surface area contributed by atoms with Gasteiger partial charge in [-0.25, -0.2) is 4.79 Å². The maximum atomic E-state index is 12.4. The monoisotopic (exact) mass is 381 g/mol. The molecular weight excluding hydrogens is 358 g/mol. The molecule has 0 spiro atoms. The summed E-state index contributed by atoms with van der Waals surface area (Å²) in [5, 5.41) is 0. The molecule has 0 aromatic heterocycles. The number of esters is 1. The molecule has 0 N–H and O–H groups in total. The van der Waals surface area contributed by atoms with Gasteiger partial charge in [0.15, 0.2) is 17.6 Å². The molecule has 1 atom stereocenters. The van der Waals surface area contributed by atoms with Gasteiger partial charge in [0.1, 0.15) is 13.2 Å². The van der Waals surface area contributed by atoms with E-state index in [0.29, 0.717) is 31.3 Å². The van der Waals surface area contributed by atoms with Crippen molar-refractivity contribution >= 4 is 18.0 Å². The van der Waals surface area contributed by atoms with Gasteiger partial charge in [-0.1, -0.05) is 36.4 Å². The molecule has 0 unspecified atom stereocenters. The van der Waals surface area contributed by atoms with E-state index in [1.54, 1.807) is 32.2 Å². The molecule has 0 aliphatic carbocycles. The van der Waals surface area contributed by atoms with Crippen molar-refractivity contribution in [2.45, 2.75) is 19.6 Å². The van der Waals surface area contributed by atoms with Gasteiger partial charge in [-0.15, -0.1) is 0 Å². The van der Waals surface area contributed by atoms with Crippen molar-refractivity contribution in [2.75, 3.05) is 20.3 Å². The van der Waals surface area contributed by atoms with Gasteiger partial charge in [-0.3, -0.25) is 4.79 Å². The largest absolute Gasteiger partial charge is 0.486 e. The molecule has 146 valence electrons. The number of carbonyl (C=O) groups is 2. The summed E-state index contributed by atoms with van der Waals surface area (Å²) < 4.78 is 16.2. The van der Waals surface area contributed by atoms with Gasteiger partial charge in [0, 0.05) is 19.7 Å². The lowest BCUT2D eigenvalue weighted by Gasteiger charge is -2.21. The molecule has 1 aliphatic heterocycles. The second kappa shape index (κ2) is 9.08. The molecule has 1 heterocycles. The van der Waals surface area contributed by atoms with Gasteiger partial charge in [0.2, 0.25) is 0 Å². The van der Waals surface area contributed by atoms with Gasteiger partial charge in [-0.05, 0) is 36.3 Å². The van der Waals surface area contributed by atoms with Crippen LogP contribution in [0.15, 0.2) is 54.6 Å². The van der Waals surface area contributed by atoms with Crippen LogP contribution in [0.1, 0.15) is 18.1 Å². The number of carbonyl (C=O) groups excluding carboxylic acids is 2. The molecule has 0 fully saturated rings. The minimum Gasteiger partial charge on any atom is -0.486 e. The highest BCUT2D eigenvalue weighted by molar-refractivity contribution is 5.90. The van der Waals surface area contributed by atoms with Crippen molar-refractivity contribution in [3.8, 4) is 11.5 Å². The second-order valence-corrected chi connectivity index (χ2v) is 6.50. The van der Waals surface area contributed by atoms with E-state index < -0.39 is 12.1 Å². The van der Waals surface area contributed by atoms with Crippen LogP contribution in [-0.2, 0) is 20.9 Å². The zero-order chi connectivity index (χ0) is 19.9. The van der Waals surface area contributed by atoms with Gasteiger partial charge >= 0.3 is 5.97 Å². The zero-order valence-electron chi connectivity index (χ0n) is 16.0. The Morgan fingerprint density at radius 1 is 1.11 bits per heavy atom. The molecule has 1 aliphatic rings. The summed E-state index contributed by atoms with van der Waals surface area (Å²) in [5.41, 5.74) is 1.79. The number of amides is 1. The van der Waals surface area contributed by atoms with E-state index in [4.69, 9.17) is 14.2 Å². The topological polar surface area (TPSA) is 65.1 Å². The number of rotatable bonds is 6. The first-order valence-electron chi connectivity index (χ1n) is 9.10. The summed E-state index contributed by atoms with van der Waals surface area (Å²) in [5.74, 6) is 0.494.